The van der Waals surface area contributed by atoms with Gasteiger partial charge in [-0.05, 0) is 30.3 Å². The molecular weight excluding hydrogens is 483 g/mol. The molecule has 0 bridgehead atoms. The van der Waals surface area contributed by atoms with E-state index in [0.717, 1.165) is 0 Å². The minimum absolute atomic E-state index is 0.137. The van der Waals surface area contributed by atoms with Crippen LogP contribution < -0.4 is 20.1 Å². The number of benzene rings is 2. The summed E-state index contributed by atoms with van der Waals surface area (Å²) in [6, 6.07) is 9.82. The van der Waals surface area contributed by atoms with Crippen molar-refractivity contribution in [1.29, 1.82) is 0 Å². The fraction of sp³-hybridized carbons (Fsp3) is 0.200. The second kappa shape index (κ2) is 11.0. The van der Waals surface area contributed by atoms with E-state index in [-0.39, 0.29) is 52.2 Å². The zero-order chi connectivity index (χ0) is 23.1. The molecule has 0 fully saturated rings. The molecule has 1 aromatic heterocycles. The highest BCUT2D eigenvalue weighted by Gasteiger charge is 2.16. The Labute approximate surface area is 197 Å². The standard InChI is InChI=1S/C20H17Cl3N4O5/c1-30-12-4-2-11(3-5-12)18-26-20(32-27-18)19(29)25-7-6-24-17(28)10-31-16-9-14(22)13(21)8-15(16)23/h2-5,8-9H,6-7,10H2,1H3,(H,24,28)(H,25,29). The summed E-state index contributed by atoms with van der Waals surface area (Å²) in [6.07, 6.45) is 0. The average molecular weight is 500 g/mol. The second-order valence-electron chi connectivity index (χ2n) is 6.24. The zero-order valence-electron chi connectivity index (χ0n) is 16.7. The van der Waals surface area contributed by atoms with E-state index in [2.05, 4.69) is 20.8 Å². The van der Waals surface area contributed by atoms with Crippen molar-refractivity contribution in [2.45, 2.75) is 0 Å². The van der Waals surface area contributed by atoms with Crippen molar-refractivity contribution in [3.63, 3.8) is 0 Å². The molecule has 9 nitrogen and oxygen atoms in total. The molecule has 2 N–H and O–H groups in total. The van der Waals surface area contributed by atoms with Crippen LogP contribution in [0.25, 0.3) is 11.4 Å². The summed E-state index contributed by atoms with van der Waals surface area (Å²) >= 11 is 17.7. The van der Waals surface area contributed by atoms with Crippen LogP contribution >= 0.6 is 34.8 Å². The second-order valence-corrected chi connectivity index (χ2v) is 7.46. The van der Waals surface area contributed by atoms with Crippen LogP contribution in [0.15, 0.2) is 40.9 Å². The lowest BCUT2D eigenvalue weighted by Crippen LogP contribution is -2.36. The molecule has 168 valence electrons. The van der Waals surface area contributed by atoms with Gasteiger partial charge in [-0.15, -0.1) is 0 Å². The Balaban J connectivity index is 1.41. The summed E-state index contributed by atoms with van der Waals surface area (Å²) in [4.78, 5) is 28.1. The molecule has 2 amide bonds. The van der Waals surface area contributed by atoms with Gasteiger partial charge in [-0.25, -0.2) is 0 Å². The number of halogens is 3. The van der Waals surface area contributed by atoms with Gasteiger partial charge in [-0.1, -0.05) is 40.0 Å². The van der Waals surface area contributed by atoms with Gasteiger partial charge in [-0.3, -0.25) is 9.59 Å². The number of methoxy groups -OCH3 is 1. The van der Waals surface area contributed by atoms with Gasteiger partial charge < -0.3 is 24.6 Å². The highest BCUT2D eigenvalue weighted by atomic mass is 35.5. The van der Waals surface area contributed by atoms with E-state index in [4.69, 9.17) is 48.8 Å². The van der Waals surface area contributed by atoms with Crippen LogP contribution in [0.4, 0.5) is 0 Å². The third-order valence-electron chi connectivity index (χ3n) is 4.03. The van der Waals surface area contributed by atoms with Gasteiger partial charge in [0.15, 0.2) is 6.61 Å². The van der Waals surface area contributed by atoms with Crippen LogP contribution in [0.3, 0.4) is 0 Å². The third-order valence-corrected chi connectivity index (χ3v) is 5.05. The van der Waals surface area contributed by atoms with Gasteiger partial charge >= 0.3 is 11.8 Å². The number of amides is 2. The van der Waals surface area contributed by atoms with E-state index in [1.165, 1.54) is 12.1 Å². The van der Waals surface area contributed by atoms with Gasteiger partial charge in [-0.2, -0.15) is 4.98 Å². The van der Waals surface area contributed by atoms with E-state index in [0.29, 0.717) is 11.3 Å². The van der Waals surface area contributed by atoms with Crippen molar-refractivity contribution >= 4 is 46.6 Å². The molecule has 0 saturated heterocycles. The van der Waals surface area contributed by atoms with E-state index >= 15 is 0 Å². The molecule has 0 aliphatic carbocycles. The van der Waals surface area contributed by atoms with Crippen LogP contribution in [0.2, 0.25) is 15.1 Å². The van der Waals surface area contributed by atoms with Crippen molar-refractivity contribution in [1.82, 2.24) is 20.8 Å². The number of rotatable bonds is 9. The Morgan fingerprint density at radius 2 is 1.69 bits per heavy atom. The SMILES string of the molecule is COc1ccc(-c2noc(C(=O)NCCNC(=O)COc3cc(Cl)c(Cl)cc3Cl)n2)cc1. The number of ether oxygens (including phenoxy) is 2. The van der Waals surface area contributed by atoms with Crippen molar-refractivity contribution in [2.75, 3.05) is 26.8 Å². The van der Waals surface area contributed by atoms with Crippen molar-refractivity contribution in [3.8, 4) is 22.9 Å². The van der Waals surface area contributed by atoms with Gasteiger partial charge in [0.25, 0.3) is 5.91 Å². The summed E-state index contributed by atoms with van der Waals surface area (Å²) in [6.45, 7) is 0.00136. The van der Waals surface area contributed by atoms with E-state index in [1.54, 1.807) is 31.4 Å². The van der Waals surface area contributed by atoms with Crippen LogP contribution in [-0.4, -0.2) is 48.8 Å². The summed E-state index contributed by atoms with van der Waals surface area (Å²) in [5.41, 5.74) is 0.669. The Hall–Kier alpha value is -3.01. The molecule has 0 saturated carbocycles. The molecule has 0 radical (unpaired) electrons. The summed E-state index contributed by atoms with van der Waals surface area (Å²) in [5.74, 6) is 0.00608. The maximum Gasteiger partial charge on any atom is 0.316 e. The lowest BCUT2D eigenvalue weighted by atomic mass is 10.2. The largest absolute Gasteiger partial charge is 0.497 e. The minimum Gasteiger partial charge on any atom is -0.497 e. The van der Waals surface area contributed by atoms with E-state index < -0.39 is 11.8 Å². The Morgan fingerprint density at radius 3 is 2.41 bits per heavy atom. The molecule has 0 atom stereocenters. The Morgan fingerprint density at radius 1 is 1.00 bits per heavy atom. The maximum atomic E-state index is 12.1. The van der Waals surface area contributed by atoms with E-state index in [1.807, 2.05) is 0 Å². The van der Waals surface area contributed by atoms with Crippen molar-refractivity contribution in [2.24, 2.45) is 0 Å². The predicted octanol–water partition coefficient (Wildman–Crippen LogP) is 3.63. The molecule has 3 aromatic rings. The number of carbonyl (C=O) groups is 2. The first-order valence-electron chi connectivity index (χ1n) is 9.17. The van der Waals surface area contributed by atoms with Crippen LogP contribution in [0, 0.1) is 0 Å². The highest BCUT2D eigenvalue weighted by Crippen LogP contribution is 2.33. The lowest BCUT2D eigenvalue weighted by molar-refractivity contribution is -0.123. The average Bonchev–Trinajstić information content (AvgIpc) is 3.28. The molecule has 3 rings (SSSR count). The first-order chi connectivity index (χ1) is 15.4. The fourth-order valence-electron chi connectivity index (χ4n) is 2.44. The highest BCUT2D eigenvalue weighted by molar-refractivity contribution is 6.43. The van der Waals surface area contributed by atoms with Crippen LogP contribution in [-0.2, 0) is 4.79 Å². The molecular formula is C20H17Cl3N4O5. The van der Waals surface area contributed by atoms with Crippen LogP contribution in [0.5, 0.6) is 11.5 Å². The number of aromatic nitrogens is 2. The first kappa shape index (κ1) is 23.6. The monoisotopic (exact) mass is 498 g/mol. The van der Waals surface area contributed by atoms with Crippen molar-refractivity contribution < 1.29 is 23.6 Å². The molecule has 0 aliphatic rings. The Bertz CT molecular complexity index is 1110. The van der Waals surface area contributed by atoms with Gasteiger partial charge in [0, 0.05) is 24.7 Å². The molecule has 0 unspecified atom stereocenters. The minimum atomic E-state index is -0.564. The third kappa shape index (κ3) is 6.25. The van der Waals surface area contributed by atoms with Crippen LogP contribution in [0.1, 0.15) is 10.7 Å². The van der Waals surface area contributed by atoms with Crippen molar-refractivity contribution in [3.05, 3.63) is 57.4 Å². The van der Waals surface area contributed by atoms with E-state index in [9.17, 15) is 9.59 Å². The normalized spacial score (nSPS) is 10.5. The Kier molecular flexibility index (Phi) is 8.15. The van der Waals surface area contributed by atoms with Gasteiger partial charge in [0.05, 0.1) is 22.2 Å². The molecule has 12 heteroatoms. The topological polar surface area (TPSA) is 116 Å². The lowest BCUT2D eigenvalue weighted by Gasteiger charge is -2.10. The molecule has 2 aromatic carbocycles. The number of hydrogen-bond acceptors (Lipinski definition) is 7. The maximum absolute atomic E-state index is 12.1. The molecule has 0 spiro atoms. The number of nitrogens with one attached hydrogen (secondary N) is 2. The summed E-state index contributed by atoms with van der Waals surface area (Å²) < 4.78 is 15.4. The van der Waals surface area contributed by atoms with Gasteiger partial charge in [0.2, 0.25) is 5.82 Å². The van der Waals surface area contributed by atoms with Gasteiger partial charge in [0.1, 0.15) is 11.5 Å². The summed E-state index contributed by atoms with van der Waals surface area (Å²) in [7, 11) is 1.56. The quantitative estimate of drug-likeness (QED) is 0.341. The molecule has 0 aliphatic heterocycles. The summed E-state index contributed by atoms with van der Waals surface area (Å²) in [5, 5.41) is 9.71. The fourth-order valence-corrected chi connectivity index (χ4v) is 3.03. The first-order valence-corrected chi connectivity index (χ1v) is 10.3. The smallest absolute Gasteiger partial charge is 0.316 e. The number of hydrogen-bond donors (Lipinski definition) is 2. The zero-order valence-corrected chi connectivity index (χ0v) is 18.9. The molecule has 1 heterocycles. The molecule has 32 heavy (non-hydrogen) atoms. The predicted molar refractivity (Wildman–Crippen MR) is 119 cm³/mol. The number of nitrogens with zero attached hydrogens (tertiary/aromatic N) is 2. The number of carbonyl (C=O) groups excluding carboxylic acids is 2.